The second-order valence-corrected chi connectivity index (χ2v) is 8.68. The highest BCUT2D eigenvalue weighted by molar-refractivity contribution is 6.07. The average Bonchev–Trinajstić information content (AvgIpc) is 3.49. The summed E-state index contributed by atoms with van der Waals surface area (Å²) in [7, 11) is 3.40. The van der Waals surface area contributed by atoms with Crippen LogP contribution >= 0.6 is 0 Å². The maximum Gasteiger partial charge on any atom is 0.272 e. The highest BCUT2D eigenvalue weighted by atomic mass is 16.5. The molecular weight excluding hydrogens is 482 g/mol. The van der Waals surface area contributed by atoms with Gasteiger partial charge in [-0.3, -0.25) is 4.79 Å². The zero-order valence-electron chi connectivity index (χ0n) is 20.6. The normalized spacial score (nSPS) is 11.2. The molecule has 4 aromatic heterocycles. The molecule has 0 aliphatic rings. The summed E-state index contributed by atoms with van der Waals surface area (Å²) in [4.78, 5) is 25.9. The molecule has 11 heteroatoms. The summed E-state index contributed by atoms with van der Waals surface area (Å²) in [6, 6.07) is 18.6. The van der Waals surface area contributed by atoms with E-state index in [2.05, 4.69) is 20.3 Å². The van der Waals surface area contributed by atoms with Crippen LogP contribution in [0.1, 0.15) is 10.5 Å². The molecule has 0 bridgehead atoms. The van der Waals surface area contributed by atoms with E-state index in [1.54, 1.807) is 42.3 Å². The van der Waals surface area contributed by atoms with Crippen molar-refractivity contribution in [1.82, 2.24) is 29.3 Å². The summed E-state index contributed by atoms with van der Waals surface area (Å²) in [6.07, 6.45) is 2.99. The lowest BCUT2D eigenvalue weighted by Gasteiger charge is -2.12. The van der Waals surface area contributed by atoms with Crippen LogP contribution in [0.25, 0.3) is 38.9 Å². The van der Waals surface area contributed by atoms with Gasteiger partial charge in [-0.2, -0.15) is 5.10 Å². The molecule has 0 fully saturated rings. The summed E-state index contributed by atoms with van der Waals surface area (Å²) < 4.78 is 9.13. The van der Waals surface area contributed by atoms with Gasteiger partial charge in [0, 0.05) is 23.5 Å². The molecule has 0 unspecified atom stereocenters. The van der Waals surface area contributed by atoms with Gasteiger partial charge in [0.2, 0.25) is 0 Å². The van der Waals surface area contributed by atoms with Gasteiger partial charge in [0.05, 0.1) is 30.1 Å². The molecular formula is C27H23N9O2. The highest BCUT2D eigenvalue weighted by Crippen LogP contribution is 2.36. The number of carbonyl (C=O) groups is 1. The number of para-hydroxylation sites is 1. The summed E-state index contributed by atoms with van der Waals surface area (Å²) in [5.41, 5.74) is 16.5. The first kappa shape index (κ1) is 23.0. The molecule has 2 aromatic carbocycles. The third-order valence-electron chi connectivity index (χ3n) is 6.42. The van der Waals surface area contributed by atoms with Crippen molar-refractivity contribution in [3.63, 3.8) is 0 Å². The standard InChI is InChI=1S/C27H23N9O2/c1-35-19-6-4-3-5-15(19)11-20(35)27(37)33-18-9-7-16(12-21(18)38-2)24-23-25(29)31-14-32-26(23)36(34-24)17-8-10-22(28)30-13-17/h3-14H,1-2H3,(H2,28,30)(H,33,37)(H2,29,31,32). The zero-order chi connectivity index (χ0) is 26.4. The van der Waals surface area contributed by atoms with Gasteiger partial charge in [-0.05, 0) is 36.4 Å². The van der Waals surface area contributed by atoms with Crippen molar-refractivity contribution >= 4 is 45.2 Å². The number of aromatic nitrogens is 6. The van der Waals surface area contributed by atoms with E-state index in [1.165, 1.54) is 6.33 Å². The third-order valence-corrected chi connectivity index (χ3v) is 6.42. The number of ether oxygens (including phenoxy) is 1. The van der Waals surface area contributed by atoms with Crippen molar-refractivity contribution in [2.24, 2.45) is 7.05 Å². The molecule has 6 rings (SSSR count). The Hall–Kier alpha value is -5.45. The van der Waals surface area contributed by atoms with Crippen LogP contribution in [-0.2, 0) is 7.05 Å². The first-order valence-corrected chi connectivity index (χ1v) is 11.7. The number of hydrogen-bond acceptors (Lipinski definition) is 8. The van der Waals surface area contributed by atoms with Crippen LogP contribution in [0.3, 0.4) is 0 Å². The number of nitrogens with two attached hydrogens (primary N) is 2. The van der Waals surface area contributed by atoms with E-state index in [4.69, 9.17) is 21.3 Å². The van der Waals surface area contributed by atoms with Crippen LogP contribution < -0.4 is 21.5 Å². The van der Waals surface area contributed by atoms with Gasteiger partial charge < -0.3 is 26.1 Å². The van der Waals surface area contributed by atoms with Crippen LogP contribution in [0.2, 0.25) is 0 Å². The number of amides is 1. The Labute approximate surface area is 216 Å². The Morgan fingerprint density at radius 2 is 1.84 bits per heavy atom. The SMILES string of the molecule is COc1cc(-c2nn(-c3ccc(N)nc3)c3ncnc(N)c23)ccc1NC(=O)c1cc2ccccc2n1C. The lowest BCUT2D eigenvalue weighted by molar-refractivity contribution is 0.101. The average molecular weight is 506 g/mol. The van der Waals surface area contributed by atoms with Crippen molar-refractivity contribution in [2.45, 2.75) is 0 Å². The van der Waals surface area contributed by atoms with Gasteiger partial charge in [-0.1, -0.05) is 24.3 Å². The van der Waals surface area contributed by atoms with Crippen LogP contribution in [0.15, 0.2) is 73.2 Å². The van der Waals surface area contributed by atoms with Crippen LogP contribution in [0.4, 0.5) is 17.3 Å². The molecule has 1 amide bonds. The largest absolute Gasteiger partial charge is 0.495 e. The van der Waals surface area contributed by atoms with Gasteiger partial charge in [-0.25, -0.2) is 19.6 Å². The Kier molecular flexibility index (Phi) is 5.38. The van der Waals surface area contributed by atoms with E-state index in [9.17, 15) is 4.79 Å². The number of anilines is 3. The van der Waals surface area contributed by atoms with E-state index in [1.807, 2.05) is 48.0 Å². The first-order chi connectivity index (χ1) is 18.4. The van der Waals surface area contributed by atoms with E-state index < -0.39 is 0 Å². The van der Waals surface area contributed by atoms with Crippen molar-refractivity contribution in [3.8, 4) is 22.7 Å². The second-order valence-electron chi connectivity index (χ2n) is 8.68. The molecule has 0 atom stereocenters. The predicted molar refractivity (Wildman–Crippen MR) is 146 cm³/mol. The number of nitrogen functional groups attached to an aromatic ring is 2. The molecule has 0 aliphatic heterocycles. The van der Waals surface area contributed by atoms with Crippen molar-refractivity contribution in [3.05, 3.63) is 78.9 Å². The van der Waals surface area contributed by atoms with E-state index >= 15 is 0 Å². The van der Waals surface area contributed by atoms with Gasteiger partial charge in [0.1, 0.15) is 35.1 Å². The topological polar surface area (TPSA) is 152 Å². The number of fused-ring (bicyclic) bond motifs is 2. The number of rotatable bonds is 5. The highest BCUT2D eigenvalue weighted by Gasteiger charge is 2.21. The number of aryl methyl sites for hydroxylation is 1. The van der Waals surface area contributed by atoms with Gasteiger partial charge in [-0.15, -0.1) is 0 Å². The second kappa shape index (κ2) is 8.89. The van der Waals surface area contributed by atoms with Gasteiger partial charge in [0.15, 0.2) is 5.65 Å². The maximum atomic E-state index is 13.2. The van der Waals surface area contributed by atoms with Gasteiger partial charge in [0.25, 0.3) is 5.91 Å². The predicted octanol–water partition coefficient (Wildman–Crippen LogP) is 3.79. The summed E-state index contributed by atoms with van der Waals surface area (Å²) in [5, 5.41) is 9.31. The minimum absolute atomic E-state index is 0.252. The Morgan fingerprint density at radius 3 is 2.61 bits per heavy atom. The number of hydrogen-bond donors (Lipinski definition) is 3. The minimum atomic E-state index is -0.252. The molecule has 0 aliphatic carbocycles. The number of nitrogens with zero attached hydrogens (tertiary/aromatic N) is 6. The fourth-order valence-corrected chi connectivity index (χ4v) is 4.51. The summed E-state index contributed by atoms with van der Waals surface area (Å²) >= 11 is 0. The number of benzene rings is 2. The number of carbonyl (C=O) groups excluding carboxylic acids is 1. The van der Waals surface area contributed by atoms with E-state index in [0.29, 0.717) is 50.9 Å². The lowest BCUT2D eigenvalue weighted by atomic mass is 10.1. The Balaban J connectivity index is 1.40. The van der Waals surface area contributed by atoms with Crippen LogP contribution in [0.5, 0.6) is 5.75 Å². The number of methoxy groups -OCH3 is 1. The maximum absolute atomic E-state index is 13.2. The molecule has 0 saturated heterocycles. The first-order valence-electron chi connectivity index (χ1n) is 11.7. The van der Waals surface area contributed by atoms with E-state index in [0.717, 1.165) is 10.9 Å². The van der Waals surface area contributed by atoms with Crippen molar-refractivity contribution < 1.29 is 9.53 Å². The quantitative estimate of drug-likeness (QED) is 0.320. The molecule has 0 radical (unpaired) electrons. The van der Waals surface area contributed by atoms with Crippen LogP contribution in [0, 0.1) is 0 Å². The Bertz CT molecular complexity index is 1840. The summed E-state index contributed by atoms with van der Waals surface area (Å²) in [5.74, 6) is 0.886. The molecule has 6 aromatic rings. The molecule has 188 valence electrons. The molecule has 38 heavy (non-hydrogen) atoms. The van der Waals surface area contributed by atoms with Crippen molar-refractivity contribution in [1.29, 1.82) is 0 Å². The minimum Gasteiger partial charge on any atom is -0.495 e. The van der Waals surface area contributed by atoms with Crippen molar-refractivity contribution in [2.75, 3.05) is 23.9 Å². The molecule has 5 N–H and O–H groups in total. The summed E-state index contributed by atoms with van der Waals surface area (Å²) in [6.45, 7) is 0. The molecule has 4 heterocycles. The smallest absolute Gasteiger partial charge is 0.272 e. The van der Waals surface area contributed by atoms with Crippen LogP contribution in [-0.4, -0.2) is 42.3 Å². The fourth-order valence-electron chi connectivity index (χ4n) is 4.51. The molecule has 0 saturated carbocycles. The van der Waals surface area contributed by atoms with E-state index in [-0.39, 0.29) is 11.7 Å². The lowest BCUT2D eigenvalue weighted by Crippen LogP contribution is -2.16. The molecule has 11 nitrogen and oxygen atoms in total. The van der Waals surface area contributed by atoms with Gasteiger partial charge >= 0.3 is 0 Å². The zero-order valence-corrected chi connectivity index (χ0v) is 20.6. The third kappa shape index (κ3) is 3.73. The number of nitrogens with one attached hydrogen (secondary N) is 1. The Morgan fingerprint density at radius 1 is 1.00 bits per heavy atom. The monoisotopic (exact) mass is 505 g/mol. The number of pyridine rings is 1. The fraction of sp³-hybridized carbons (Fsp3) is 0.0741. The molecule has 0 spiro atoms.